The van der Waals surface area contributed by atoms with Crippen LogP contribution in [0, 0.1) is 0 Å². The predicted molar refractivity (Wildman–Crippen MR) is 49.1 cm³/mol. The van der Waals surface area contributed by atoms with E-state index in [9.17, 15) is 4.79 Å². The second-order valence-electron chi connectivity index (χ2n) is 2.94. The zero-order valence-corrected chi connectivity index (χ0v) is 7.31. The third-order valence-electron chi connectivity index (χ3n) is 1.98. The van der Waals surface area contributed by atoms with E-state index < -0.39 is 5.97 Å². The van der Waals surface area contributed by atoms with Crippen molar-refractivity contribution in [3.63, 3.8) is 0 Å². The van der Waals surface area contributed by atoms with Gasteiger partial charge >= 0.3 is 5.97 Å². The molecule has 72 valence electrons. The number of carboxylic acid groups (broad SMARTS) is 1. The van der Waals surface area contributed by atoms with Crippen LogP contribution in [-0.4, -0.2) is 11.1 Å². The van der Waals surface area contributed by atoms with Crippen LogP contribution in [0.2, 0.25) is 0 Å². The van der Waals surface area contributed by atoms with Gasteiger partial charge in [-0.05, 0) is 11.6 Å². The molecule has 0 aliphatic carbocycles. The van der Waals surface area contributed by atoms with Gasteiger partial charge in [-0.25, -0.2) is 4.79 Å². The predicted octanol–water partition coefficient (Wildman–Crippen LogP) is 1.23. The quantitative estimate of drug-likeness (QED) is 0.738. The van der Waals surface area contributed by atoms with Crippen LogP contribution in [-0.2, 0) is 9.63 Å². The van der Waals surface area contributed by atoms with Crippen molar-refractivity contribution in [2.75, 3.05) is 0 Å². The maximum absolute atomic E-state index is 10.5. The summed E-state index contributed by atoms with van der Waals surface area (Å²) in [5, 5.41) is 8.64. The highest BCUT2D eigenvalue weighted by Crippen LogP contribution is 2.21. The molecule has 0 spiro atoms. The van der Waals surface area contributed by atoms with Crippen LogP contribution >= 0.6 is 0 Å². The van der Waals surface area contributed by atoms with Crippen LogP contribution in [0.5, 0.6) is 0 Å². The van der Waals surface area contributed by atoms with Crippen molar-refractivity contribution in [2.24, 2.45) is 0 Å². The number of hydrogen-bond donors (Lipinski definition) is 2. The molecule has 1 aromatic rings. The van der Waals surface area contributed by atoms with Crippen LogP contribution < -0.4 is 5.48 Å². The fourth-order valence-corrected chi connectivity index (χ4v) is 1.29. The molecule has 0 saturated heterocycles. The topological polar surface area (TPSA) is 58.6 Å². The minimum absolute atomic E-state index is 0.0566. The second-order valence-corrected chi connectivity index (χ2v) is 2.94. The van der Waals surface area contributed by atoms with Gasteiger partial charge in [-0.2, -0.15) is 0 Å². The van der Waals surface area contributed by atoms with Crippen molar-refractivity contribution in [1.82, 2.24) is 5.48 Å². The summed E-state index contributed by atoms with van der Waals surface area (Å²) in [6.45, 7) is 0. The van der Waals surface area contributed by atoms with Crippen LogP contribution in [0.15, 0.2) is 42.2 Å². The molecule has 0 amide bonds. The molecule has 0 bridgehead atoms. The summed E-state index contributed by atoms with van der Waals surface area (Å²) in [6.07, 6.45) is 1.54. The molecule has 1 aromatic carbocycles. The van der Waals surface area contributed by atoms with E-state index in [1.807, 2.05) is 30.3 Å². The number of hydrogen-bond acceptors (Lipinski definition) is 3. The zero-order chi connectivity index (χ0) is 9.97. The van der Waals surface area contributed by atoms with Gasteiger partial charge in [0.1, 0.15) is 0 Å². The van der Waals surface area contributed by atoms with Crippen molar-refractivity contribution >= 4 is 5.97 Å². The molecule has 0 fully saturated rings. The maximum atomic E-state index is 10.5. The fraction of sp³-hybridized carbons (Fsp3) is 0.100. The van der Waals surface area contributed by atoms with Gasteiger partial charge in [0, 0.05) is 0 Å². The molecule has 0 saturated carbocycles. The summed E-state index contributed by atoms with van der Waals surface area (Å²) in [7, 11) is 0. The smallest absolute Gasteiger partial charge is 0.373 e. The monoisotopic (exact) mass is 191 g/mol. The van der Waals surface area contributed by atoms with Crippen molar-refractivity contribution < 1.29 is 14.7 Å². The van der Waals surface area contributed by atoms with Crippen LogP contribution in [0.1, 0.15) is 11.6 Å². The Morgan fingerprint density at radius 3 is 2.64 bits per heavy atom. The van der Waals surface area contributed by atoms with Crippen LogP contribution in [0.4, 0.5) is 0 Å². The zero-order valence-electron chi connectivity index (χ0n) is 7.31. The maximum Gasteiger partial charge on any atom is 0.373 e. The van der Waals surface area contributed by atoms with Crippen molar-refractivity contribution in [3.05, 3.63) is 47.7 Å². The van der Waals surface area contributed by atoms with Crippen molar-refractivity contribution in [1.29, 1.82) is 0 Å². The van der Waals surface area contributed by atoms with E-state index in [1.54, 1.807) is 0 Å². The molecule has 1 aliphatic heterocycles. The van der Waals surface area contributed by atoms with Crippen LogP contribution in [0.25, 0.3) is 0 Å². The first kappa shape index (κ1) is 8.77. The molecule has 1 atom stereocenters. The third-order valence-corrected chi connectivity index (χ3v) is 1.98. The van der Waals surface area contributed by atoms with Gasteiger partial charge in [-0.15, -0.1) is 5.48 Å². The van der Waals surface area contributed by atoms with E-state index in [0.29, 0.717) is 0 Å². The summed E-state index contributed by atoms with van der Waals surface area (Å²) in [5.41, 5.74) is 3.61. The Bertz CT molecular complexity index is 372. The van der Waals surface area contributed by atoms with Gasteiger partial charge < -0.3 is 9.94 Å². The molecular weight excluding hydrogens is 182 g/mol. The molecule has 2 rings (SSSR count). The van der Waals surface area contributed by atoms with E-state index in [-0.39, 0.29) is 11.8 Å². The standard InChI is InChI=1S/C10H9NO3/c12-10(13)9-6-8(11-14-9)7-4-2-1-3-5-7/h1-6,8,11H,(H,12,13)/t8-/m0/s1. The first-order valence-corrected chi connectivity index (χ1v) is 4.20. The average Bonchev–Trinajstić information content (AvgIpc) is 2.68. The molecule has 1 heterocycles. The Morgan fingerprint density at radius 1 is 1.36 bits per heavy atom. The van der Waals surface area contributed by atoms with E-state index >= 15 is 0 Å². The Balaban J connectivity index is 2.20. The van der Waals surface area contributed by atoms with Gasteiger partial charge in [-0.3, -0.25) is 0 Å². The molecule has 14 heavy (non-hydrogen) atoms. The second kappa shape index (κ2) is 3.51. The lowest BCUT2D eigenvalue weighted by molar-refractivity contribution is -0.137. The summed E-state index contributed by atoms with van der Waals surface area (Å²) in [4.78, 5) is 15.3. The molecule has 4 heteroatoms. The highest BCUT2D eigenvalue weighted by molar-refractivity contribution is 5.84. The molecule has 4 nitrogen and oxygen atoms in total. The number of carbonyl (C=O) groups is 1. The number of carboxylic acids is 1. The van der Waals surface area contributed by atoms with Gasteiger partial charge in [-0.1, -0.05) is 30.3 Å². The van der Waals surface area contributed by atoms with Gasteiger partial charge in [0.2, 0.25) is 5.76 Å². The molecular formula is C10H9NO3. The summed E-state index contributed by atoms with van der Waals surface area (Å²) in [6, 6.07) is 9.32. The number of aliphatic carboxylic acids is 1. The van der Waals surface area contributed by atoms with E-state index in [0.717, 1.165) is 5.56 Å². The number of benzene rings is 1. The lowest BCUT2D eigenvalue weighted by Gasteiger charge is -2.06. The minimum Gasteiger partial charge on any atom is -0.475 e. The SMILES string of the molecule is O=C(O)C1=C[C@@H](c2ccccc2)NO1. The van der Waals surface area contributed by atoms with Gasteiger partial charge in [0.05, 0.1) is 6.04 Å². The molecule has 0 radical (unpaired) electrons. The first-order chi connectivity index (χ1) is 6.77. The summed E-state index contributed by atoms with van der Waals surface area (Å²) in [5.74, 6) is -1.12. The Morgan fingerprint density at radius 2 is 2.07 bits per heavy atom. The van der Waals surface area contributed by atoms with Crippen LogP contribution in [0.3, 0.4) is 0 Å². The van der Waals surface area contributed by atoms with Gasteiger partial charge in [0.25, 0.3) is 0 Å². The summed E-state index contributed by atoms with van der Waals surface area (Å²) < 4.78 is 0. The highest BCUT2D eigenvalue weighted by atomic mass is 16.7. The van der Waals surface area contributed by atoms with Crippen molar-refractivity contribution in [3.8, 4) is 0 Å². The van der Waals surface area contributed by atoms with E-state index in [1.165, 1.54) is 6.08 Å². The molecule has 2 N–H and O–H groups in total. The third kappa shape index (κ3) is 1.60. The fourth-order valence-electron chi connectivity index (χ4n) is 1.29. The Hall–Kier alpha value is -1.81. The van der Waals surface area contributed by atoms with Crippen molar-refractivity contribution in [2.45, 2.75) is 6.04 Å². The number of rotatable bonds is 2. The number of hydroxylamine groups is 1. The Labute approximate surface area is 80.8 Å². The van der Waals surface area contributed by atoms with E-state index in [4.69, 9.17) is 9.94 Å². The van der Waals surface area contributed by atoms with E-state index in [2.05, 4.69) is 5.48 Å². The lowest BCUT2D eigenvalue weighted by Crippen LogP contribution is -2.13. The normalized spacial score (nSPS) is 20.0. The van der Waals surface area contributed by atoms with Gasteiger partial charge in [0.15, 0.2) is 0 Å². The minimum atomic E-state index is -1.06. The molecule has 1 aliphatic rings. The average molecular weight is 191 g/mol. The molecule has 0 aromatic heterocycles. The largest absolute Gasteiger partial charge is 0.475 e. The lowest BCUT2D eigenvalue weighted by atomic mass is 10.1. The highest BCUT2D eigenvalue weighted by Gasteiger charge is 2.22. The first-order valence-electron chi connectivity index (χ1n) is 4.20. The summed E-state index contributed by atoms with van der Waals surface area (Å²) >= 11 is 0. The molecule has 0 unspecified atom stereocenters. The number of nitrogens with one attached hydrogen (secondary N) is 1. The Kier molecular flexibility index (Phi) is 2.20.